The van der Waals surface area contributed by atoms with Gasteiger partial charge in [0.1, 0.15) is 6.61 Å². The first-order valence-corrected chi connectivity index (χ1v) is 21.1. The Balaban J connectivity index is 3.06. The largest absolute Gasteiger partial charge is 0.480 e. The molecule has 0 saturated carbocycles. The summed E-state index contributed by atoms with van der Waals surface area (Å²) in [5.41, 5.74) is 0. The Morgan fingerprint density at radius 1 is 0.268 bits per heavy atom. The van der Waals surface area contributed by atoms with E-state index in [9.17, 15) is 4.79 Å². The Bertz CT molecular complexity index is 724. The van der Waals surface area contributed by atoms with Gasteiger partial charge in [-0.3, -0.25) is 0 Å². The molecule has 0 aromatic rings. The second-order valence-electron chi connectivity index (χ2n) is 12.6. The predicted molar refractivity (Wildman–Crippen MR) is 211 cm³/mol. The molecule has 56 heavy (non-hydrogen) atoms. The molecule has 0 bridgehead atoms. The summed E-state index contributed by atoms with van der Waals surface area (Å²) in [7, 11) is 0. The van der Waals surface area contributed by atoms with Crippen molar-refractivity contribution < 1.29 is 76.2 Å². The molecule has 336 valence electrons. The van der Waals surface area contributed by atoms with Crippen LogP contribution in [0.3, 0.4) is 0 Å². The van der Waals surface area contributed by atoms with Crippen molar-refractivity contribution in [3.05, 3.63) is 0 Å². The molecule has 16 nitrogen and oxygen atoms in total. The van der Waals surface area contributed by atoms with Crippen molar-refractivity contribution in [2.24, 2.45) is 0 Å². The molecular formula is C40H80O16. The van der Waals surface area contributed by atoms with E-state index < -0.39 is 5.97 Å². The molecule has 0 aromatic carbocycles. The lowest BCUT2D eigenvalue weighted by Crippen LogP contribution is -2.16. The van der Waals surface area contributed by atoms with Gasteiger partial charge < -0.3 is 71.4 Å². The van der Waals surface area contributed by atoms with Crippen LogP contribution in [0.4, 0.5) is 0 Å². The lowest BCUT2D eigenvalue weighted by Gasteiger charge is -2.09. The van der Waals surface area contributed by atoms with E-state index in [4.69, 9.17) is 71.4 Å². The third kappa shape index (κ3) is 52.9. The normalized spacial score (nSPS) is 11.6. The van der Waals surface area contributed by atoms with E-state index in [0.29, 0.717) is 165 Å². The Kier molecular flexibility index (Phi) is 50.9. The Labute approximate surface area is 338 Å². The molecule has 0 fully saturated rings. The van der Waals surface area contributed by atoms with Crippen molar-refractivity contribution in [3.63, 3.8) is 0 Å². The number of hydrogen-bond donors (Lipinski definition) is 1. The maximum atomic E-state index is 10.3. The van der Waals surface area contributed by atoms with Crippen molar-refractivity contribution >= 4 is 5.97 Å². The SMILES string of the molecule is CCCCCCCCCCCCOCCOCCOCCOCCOCCOCCOCCOCCOCCOCCOCCOCCOCCOCC(=O)O. The summed E-state index contributed by atoms with van der Waals surface area (Å²) in [4.78, 5) is 10.3. The monoisotopic (exact) mass is 817 g/mol. The van der Waals surface area contributed by atoms with Crippen LogP contribution in [-0.4, -0.2) is 196 Å². The highest BCUT2D eigenvalue weighted by Gasteiger charge is 1.99. The third-order valence-corrected chi connectivity index (χ3v) is 7.70. The van der Waals surface area contributed by atoms with Crippen molar-refractivity contribution in [3.8, 4) is 0 Å². The summed E-state index contributed by atoms with van der Waals surface area (Å²) in [5, 5.41) is 8.44. The molecule has 0 rings (SSSR count). The lowest BCUT2D eigenvalue weighted by molar-refractivity contribution is -0.142. The van der Waals surface area contributed by atoms with E-state index in [1.165, 1.54) is 57.8 Å². The molecule has 0 radical (unpaired) electrons. The molecule has 0 amide bonds. The van der Waals surface area contributed by atoms with Gasteiger partial charge in [0.15, 0.2) is 0 Å². The molecule has 0 aliphatic rings. The maximum Gasteiger partial charge on any atom is 0.329 e. The molecule has 0 unspecified atom stereocenters. The number of carboxylic acid groups (broad SMARTS) is 1. The number of unbranched alkanes of at least 4 members (excludes halogenated alkanes) is 9. The summed E-state index contributed by atoms with van der Waals surface area (Å²) in [5.74, 6) is -0.996. The van der Waals surface area contributed by atoms with Crippen LogP contribution >= 0.6 is 0 Å². The fourth-order valence-corrected chi connectivity index (χ4v) is 4.71. The highest BCUT2D eigenvalue weighted by atomic mass is 16.6. The quantitative estimate of drug-likeness (QED) is 0.0867. The number of carboxylic acids is 1. The van der Waals surface area contributed by atoms with E-state index in [-0.39, 0.29) is 13.2 Å². The van der Waals surface area contributed by atoms with Crippen molar-refractivity contribution in [2.45, 2.75) is 71.1 Å². The Morgan fingerprint density at radius 2 is 0.446 bits per heavy atom. The summed E-state index contributed by atoms with van der Waals surface area (Å²) < 4.78 is 76.1. The van der Waals surface area contributed by atoms with Gasteiger partial charge in [0, 0.05) is 6.61 Å². The molecule has 0 aliphatic heterocycles. The van der Waals surface area contributed by atoms with Gasteiger partial charge in [0.25, 0.3) is 0 Å². The minimum Gasteiger partial charge on any atom is -0.480 e. The van der Waals surface area contributed by atoms with Gasteiger partial charge in [0.05, 0.1) is 172 Å². The second-order valence-corrected chi connectivity index (χ2v) is 12.6. The zero-order valence-electron chi connectivity index (χ0n) is 34.9. The minimum atomic E-state index is -0.996. The number of carbonyl (C=O) groups is 1. The van der Waals surface area contributed by atoms with Crippen LogP contribution in [0.5, 0.6) is 0 Å². The molecule has 0 saturated heterocycles. The number of hydrogen-bond acceptors (Lipinski definition) is 15. The molecule has 0 spiro atoms. The van der Waals surface area contributed by atoms with Crippen LogP contribution in [0, 0.1) is 0 Å². The average molecular weight is 817 g/mol. The molecule has 0 heterocycles. The molecule has 16 heteroatoms. The van der Waals surface area contributed by atoms with Gasteiger partial charge in [-0.25, -0.2) is 4.79 Å². The standard InChI is InChI=1S/C40H80O16/c1-2-3-4-5-6-7-8-9-10-11-12-43-13-14-44-15-16-45-17-18-46-19-20-47-21-22-48-23-24-49-25-26-50-27-28-51-29-30-52-31-32-53-33-34-54-35-36-55-37-38-56-39-40(41)42/h2-39H2,1H3,(H,41,42). The maximum absolute atomic E-state index is 10.3. The Hall–Kier alpha value is -1.09. The first-order valence-electron chi connectivity index (χ1n) is 21.1. The molecule has 0 aliphatic carbocycles. The molecular weight excluding hydrogens is 736 g/mol. The van der Waals surface area contributed by atoms with E-state index >= 15 is 0 Å². The smallest absolute Gasteiger partial charge is 0.329 e. The second kappa shape index (κ2) is 51.9. The summed E-state index contributed by atoms with van der Waals surface area (Å²) >= 11 is 0. The predicted octanol–water partition coefficient (Wildman–Crippen LogP) is 4.22. The molecule has 1 N–H and O–H groups in total. The Morgan fingerprint density at radius 3 is 0.661 bits per heavy atom. The zero-order valence-corrected chi connectivity index (χ0v) is 34.9. The summed E-state index contributed by atoms with van der Waals surface area (Å²) in [6.45, 7) is 15.5. The van der Waals surface area contributed by atoms with Crippen LogP contribution in [0.1, 0.15) is 71.1 Å². The fourth-order valence-electron chi connectivity index (χ4n) is 4.71. The van der Waals surface area contributed by atoms with Crippen LogP contribution in [0.25, 0.3) is 0 Å². The highest BCUT2D eigenvalue weighted by Crippen LogP contribution is 2.10. The lowest BCUT2D eigenvalue weighted by atomic mass is 10.1. The van der Waals surface area contributed by atoms with Crippen molar-refractivity contribution in [1.82, 2.24) is 0 Å². The first-order chi connectivity index (χ1) is 27.8. The van der Waals surface area contributed by atoms with Crippen molar-refractivity contribution in [2.75, 3.05) is 185 Å². The van der Waals surface area contributed by atoms with Crippen molar-refractivity contribution in [1.29, 1.82) is 0 Å². The van der Waals surface area contributed by atoms with Gasteiger partial charge >= 0.3 is 5.97 Å². The highest BCUT2D eigenvalue weighted by molar-refractivity contribution is 5.67. The van der Waals surface area contributed by atoms with Gasteiger partial charge in [-0.1, -0.05) is 64.7 Å². The van der Waals surface area contributed by atoms with E-state index in [0.717, 1.165) is 13.0 Å². The molecule has 0 atom stereocenters. The molecule has 0 aromatic heterocycles. The van der Waals surface area contributed by atoms with Crippen LogP contribution in [-0.2, 0) is 71.1 Å². The average Bonchev–Trinajstić information content (AvgIpc) is 3.20. The van der Waals surface area contributed by atoms with Crippen LogP contribution in [0.2, 0.25) is 0 Å². The van der Waals surface area contributed by atoms with E-state index in [1.807, 2.05) is 0 Å². The fraction of sp³-hybridized carbons (Fsp3) is 0.975. The first kappa shape index (κ1) is 54.9. The van der Waals surface area contributed by atoms with Gasteiger partial charge in [0.2, 0.25) is 0 Å². The number of ether oxygens (including phenoxy) is 14. The number of aliphatic carboxylic acids is 1. The van der Waals surface area contributed by atoms with Crippen LogP contribution in [0.15, 0.2) is 0 Å². The number of rotatable bonds is 52. The van der Waals surface area contributed by atoms with Crippen LogP contribution < -0.4 is 0 Å². The van der Waals surface area contributed by atoms with Gasteiger partial charge in [-0.2, -0.15) is 0 Å². The van der Waals surface area contributed by atoms with E-state index in [1.54, 1.807) is 0 Å². The van der Waals surface area contributed by atoms with E-state index in [2.05, 4.69) is 6.92 Å². The summed E-state index contributed by atoms with van der Waals surface area (Å²) in [6.07, 6.45) is 13.4. The minimum absolute atomic E-state index is 0.240. The van der Waals surface area contributed by atoms with Gasteiger partial charge in [-0.05, 0) is 6.42 Å². The topological polar surface area (TPSA) is 167 Å². The summed E-state index contributed by atoms with van der Waals surface area (Å²) in [6, 6.07) is 0. The zero-order chi connectivity index (χ0) is 40.3. The van der Waals surface area contributed by atoms with Gasteiger partial charge in [-0.15, -0.1) is 0 Å². The third-order valence-electron chi connectivity index (χ3n) is 7.70.